The molecule has 0 radical (unpaired) electrons. The lowest BCUT2D eigenvalue weighted by molar-refractivity contribution is -0.135. The molecule has 1 aromatic rings. The molecule has 1 atom stereocenters. The van der Waals surface area contributed by atoms with E-state index >= 15 is 0 Å². The van der Waals surface area contributed by atoms with Gasteiger partial charge < -0.3 is 4.90 Å². The Kier molecular flexibility index (Phi) is 4.08. The smallest absolute Gasteiger partial charge is 0.308 e. The zero-order valence-corrected chi connectivity index (χ0v) is 14.7. The maximum Gasteiger partial charge on any atom is 0.308 e. The van der Waals surface area contributed by atoms with Crippen LogP contribution in [0, 0.1) is 5.92 Å². The summed E-state index contributed by atoms with van der Waals surface area (Å²) in [5.41, 5.74) is 1.15. The Morgan fingerprint density at radius 3 is 2.65 bits per heavy atom. The van der Waals surface area contributed by atoms with Crippen molar-refractivity contribution >= 4 is 17.2 Å². The fourth-order valence-corrected chi connectivity index (χ4v) is 5.08. The molecule has 0 aromatic carbocycles. The standard InChI is InChI=1S/C18H26N2O2S/c1-12(13-7-8-13)20(14-9-10-14)17(21)11-19-15-5-3-2-4-6-16(15)23-18(19)22/h12-14H,2-11H2,1H3/t12-/m1/s1. The molecule has 0 spiro atoms. The molecule has 126 valence electrons. The molecule has 1 amide bonds. The van der Waals surface area contributed by atoms with Crippen LogP contribution in [0.1, 0.15) is 62.4 Å². The van der Waals surface area contributed by atoms with Gasteiger partial charge in [-0.3, -0.25) is 14.2 Å². The molecule has 1 heterocycles. The quantitative estimate of drug-likeness (QED) is 0.777. The van der Waals surface area contributed by atoms with E-state index in [9.17, 15) is 9.59 Å². The number of carbonyl (C=O) groups excluding carboxylic acids is 1. The van der Waals surface area contributed by atoms with Crippen molar-refractivity contribution in [1.82, 2.24) is 9.47 Å². The molecule has 2 fully saturated rings. The van der Waals surface area contributed by atoms with E-state index < -0.39 is 0 Å². The molecule has 5 heteroatoms. The van der Waals surface area contributed by atoms with Gasteiger partial charge in [0.1, 0.15) is 6.54 Å². The van der Waals surface area contributed by atoms with Crippen molar-refractivity contribution in [3.63, 3.8) is 0 Å². The summed E-state index contributed by atoms with van der Waals surface area (Å²) in [7, 11) is 0. The van der Waals surface area contributed by atoms with Crippen molar-refractivity contribution in [2.24, 2.45) is 5.92 Å². The summed E-state index contributed by atoms with van der Waals surface area (Å²) in [5, 5.41) is 0. The Bertz CT molecular complexity index is 654. The van der Waals surface area contributed by atoms with Gasteiger partial charge in [0.15, 0.2) is 0 Å². The minimum Gasteiger partial charge on any atom is -0.335 e. The summed E-state index contributed by atoms with van der Waals surface area (Å²) in [6.07, 6.45) is 10.3. The zero-order valence-electron chi connectivity index (χ0n) is 13.9. The number of aromatic nitrogens is 1. The predicted molar refractivity (Wildman–Crippen MR) is 91.9 cm³/mol. The first-order chi connectivity index (χ1) is 11.1. The van der Waals surface area contributed by atoms with Crippen molar-refractivity contribution in [1.29, 1.82) is 0 Å². The number of fused-ring (bicyclic) bond motifs is 1. The summed E-state index contributed by atoms with van der Waals surface area (Å²) >= 11 is 1.37. The highest BCUT2D eigenvalue weighted by molar-refractivity contribution is 7.09. The first-order valence-electron chi connectivity index (χ1n) is 9.17. The van der Waals surface area contributed by atoms with E-state index in [1.165, 1.54) is 41.9 Å². The Balaban J connectivity index is 1.56. The number of nitrogens with zero attached hydrogens (tertiary/aromatic N) is 2. The third kappa shape index (κ3) is 3.12. The predicted octanol–water partition coefficient (Wildman–Crippen LogP) is 2.97. The molecule has 0 bridgehead atoms. The van der Waals surface area contributed by atoms with E-state index in [1.807, 2.05) is 0 Å². The number of amides is 1. The maximum absolute atomic E-state index is 13.0. The lowest BCUT2D eigenvalue weighted by atomic mass is 10.1. The molecule has 0 N–H and O–H groups in total. The van der Waals surface area contributed by atoms with Gasteiger partial charge in [-0.1, -0.05) is 17.8 Å². The fourth-order valence-electron chi connectivity index (χ4n) is 4.00. The normalized spacial score (nSPS) is 22.3. The second-order valence-electron chi connectivity index (χ2n) is 7.49. The van der Waals surface area contributed by atoms with Gasteiger partial charge in [0, 0.05) is 22.7 Å². The van der Waals surface area contributed by atoms with Gasteiger partial charge in [0.2, 0.25) is 5.91 Å². The largest absolute Gasteiger partial charge is 0.335 e. The van der Waals surface area contributed by atoms with Gasteiger partial charge in [-0.15, -0.1) is 0 Å². The van der Waals surface area contributed by atoms with Crippen LogP contribution in [0.4, 0.5) is 0 Å². The Morgan fingerprint density at radius 2 is 1.96 bits per heavy atom. The van der Waals surface area contributed by atoms with E-state index in [0.29, 0.717) is 18.0 Å². The van der Waals surface area contributed by atoms with E-state index in [0.717, 1.165) is 37.8 Å². The Labute approximate surface area is 141 Å². The van der Waals surface area contributed by atoms with Crippen LogP contribution in [-0.4, -0.2) is 27.5 Å². The minimum absolute atomic E-state index is 0.0695. The van der Waals surface area contributed by atoms with Crippen molar-refractivity contribution in [3.05, 3.63) is 20.2 Å². The van der Waals surface area contributed by atoms with Crippen LogP contribution >= 0.6 is 11.3 Å². The first-order valence-corrected chi connectivity index (χ1v) is 9.99. The van der Waals surface area contributed by atoms with Gasteiger partial charge in [-0.05, 0) is 64.2 Å². The molecule has 2 saturated carbocycles. The molecule has 4 rings (SSSR count). The van der Waals surface area contributed by atoms with Gasteiger partial charge in [-0.2, -0.15) is 0 Å². The van der Waals surface area contributed by atoms with Crippen LogP contribution < -0.4 is 4.87 Å². The van der Waals surface area contributed by atoms with E-state index in [2.05, 4.69) is 11.8 Å². The molecule has 0 aliphatic heterocycles. The highest BCUT2D eigenvalue weighted by Gasteiger charge is 2.41. The number of hydrogen-bond acceptors (Lipinski definition) is 3. The van der Waals surface area contributed by atoms with Crippen LogP contribution in [-0.2, 0) is 24.2 Å². The number of aryl methyl sites for hydroxylation is 1. The number of rotatable bonds is 5. The lowest BCUT2D eigenvalue weighted by Gasteiger charge is -2.30. The molecule has 1 aromatic heterocycles. The maximum atomic E-state index is 13.0. The topological polar surface area (TPSA) is 42.3 Å². The van der Waals surface area contributed by atoms with Gasteiger partial charge in [0.05, 0.1) is 0 Å². The third-order valence-electron chi connectivity index (χ3n) is 5.66. The molecule has 23 heavy (non-hydrogen) atoms. The van der Waals surface area contributed by atoms with E-state index in [-0.39, 0.29) is 17.3 Å². The number of carbonyl (C=O) groups is 1. The van der Waals surface area contributed by atoms with Gasteiger partial charge >= 0.3 is 4.87 Å². The van der Waals surface area contributed by atoms with Gasteiger partial charge in [-0.25, -0.2) is 0 Å². The fraction of sp³-hybridized carbons (Fsp3) is 0.778. The average molecular weight is 334 g/mol. The number of hydrogen-bond donors (Lipinski definition) is 0. The van der Waals surface area contributed by atoms with Crippen LogP contribution in [0.25, 0.3) is 0 Å². The number of thiazole rings is 1. The van der Waals surface area contributed by atoms with Gasteiger partial charge in [0.25, 0.3) is 0 Å². The molecular weight excluding hydrogens is 308 g/mol. The van der Waals surface area contributed by atoms with Crippen LogP contribution in [0.5, 0.6) is 0 Å². The summed E-state index contributed by atoms with van der Waals surface area (Å²) in [6, 6.07) is 0.786. The summed E-state index contributed by atoms with van der Waals surface area (Å²) < 4.78 is 1.79. The molecule has 3 aliphatic rings. The zero-order chi connectivity index (χ0) is 16.0. The lowest BCUT2D eigenvalue weighted by Crippen LogP contribution is -2.44. The van der Waals surface area contributed by atoms with E-state index in [1.54, 1.807) is 4.57 Å². The van der Waals surface area contributed by atoms with Crippen LogP contribution in [0.3, 0.4) is 0 Å². The molecule has 4 nitrogen and oxygen atoms in total. The molecule has 0 saturated heterocycles. The summed E-state index contributed by atoms with van der Waals surface area (Å²) in [4.78, 5) is 28.8. The summed E-state index contributed by atoms with van der Waals surface area (Å²) in [5.74, 6) is 0.856. The monoisotopic (exact) mass is 334 g/mol. The Morgan fingerprint density at radius 1 is 1.22 bits per heavy atom. The van der Waals surface area contributed by atoms with Crippen molar-refractivity contribution in [3.8, 4) is 0 Å². The highest BCUT2D eigenvalue weighted by atomic mass is 32.1. The first kappa shape index (κ1) is 15.4. The summed E-state index contributed by atoms with van der Waals surface area (Å²) in [6.45, 7) is 2.46. The third-order valence-corrected chi connectivity index (χ3v) is 6.74. The molecular formula is C18H26N2O2S. The van der Waals surface area contributed by atoms with Crippen molar-refractivity contribution in [2.75, 3.05) is 0 Å². The Hall–Kier alpha value is -1.10. The van der Waals surface area contributed by atoms with Crippen LogP contribution in [0.15, 0.2) is 4.79 Å². The second kappa shape index (κ2) is 6.08. The molecule has 3 aliphatic carbocycles. The highest BCUT2D eigenvalue weighted by Crippen LogP contribution is 2.39. The van der Waals surface area contributed by atoms with Crippen molar-refractivity contribution < 1.29 is 4.79 Å². The molecule has 0 unspecified atom stereocenters. The van der Waals surface area contributed by atoms with E-state index in [4.69, 9.17) is 0 Å². The second-order valence-corrected chi connectivity index (χ2v) is 8.54. The van der Waals surface area contributed by atoms with Crippen molar-refractivity contribution in [2.45, 2.75) is 83.3 Å². The average Bonchev–Trinajstić information content (AvgIpc) is 3.38. The SMILES string of the molecule is C[C@H](C1CC1)N(C(=O)Cn1c2c(sc1=O)CCCCC2)C1CC1. The van der Waals surface area contributed by atoms with Crippen LogP contribution in [0.2, 0.25) is 0 Å². The minimum atomic E-state index is 0.0695.